The predicted octanol–water partition coefficient (Wildman–Crippen LogP) is 4.92. The first-order valence-corrected chi connectivity index (χ1v) is 10.1. The fourth-order valence-electron chi connectivity index (χ4n) is 3.50. The van der Waals surface area contributed by atoms with Crippen LogP contribution < -0.4 is 14.4 Å². The van der Waals surface area contributed by atoms with E-state index in [1.165, 1.54) is 22.5 Å². The molecule has 146 valence electrons. The quantitative estimate of drug-likeness (QED) is 0.646. The highest BCUT2D eigenvalue weighted by Crippen LogP contribution is 2.39. The van der Waals surface area contributed by atoms with E-state index in [0.717, 1.165) is 16.9 Å². The number of aliphatic hydroxyl groups excluding tert-OH is 1. The third-order valence-corrected chi connectivity index (χ3v) is 6.15. The number of amidine groups is 1. The van der Waals surface area contributed by atoms with Crippen molar-refractivity contribution in [3.63, 3.8) is 0 Å². The van der Waals surface area contributed by atoms with Gasteiger partial charge in [-0.25, -0.2) is 4.98 Å². The summed E-state index contributed by atoms with van der Waals surface area (Å²) in [7, 11) is 0. The number of thiazole rings is 1. The van der Waals surface area contributed by atoms with Gasteiger partial charge in [-0.15, -0.1) is 11.3 Å². The van der Waals surface area contributed by atoms with Crippen LogP contribution in [-0.2, 0) is 0 Å². The number of hydrogen-bond acceptors (Lipinski definition) is 6. The predicted molar refractivity (Wildman–Crippen MR) is 114 cm³/mol. The normalized spacial score (nSPS) is 15.5. The highest BCUT2D eigenvalue weighted by Gasteiger charge is 2.32. The molecule has 2 aliphatic heterocycles. The molecule has 0 radical (unpaired) electrons. The van der Waals surface area contributed by atoms with E-state index in [1.807, 2.05) is 29.6 Å². The van der Waals surface area contributed by atoms with Crippen molar-refractivity contribution in [2.45, 2.75) is 13.8 Å². The van der Waals surface area contributed by atoms with Crippen molar-refractivity contribution in [3.8, 4) is 22.8 Å². The zero-order valence-electron chi connectivity index (χ0n) is 16.0. The lowest BCUT2D eigenvalue weighted by atomic mass is 10.1. The summed E-state index contributed by atoms with van der Waals surface area (Å²) in [5.74, 6) is 1.71. The van der Waals surface area contributed by atoms with Crippen molar-refractivity contribution in [1.82, 2.24) is 4.98 Å². The van der Waals surface area contributed by atoms with Crippen LogP contribution in [0.15, 0.2) is 47.5 Å². The van der Waals surface area contributed by atoms with Crippen LogP contribution in [0.3, 0.4) is 0 Å². The Bertz CT molecular complexity index is 1180. The van der Waals surface area contributed by atoms with Gasteiger partial charge in [0.05, 0.1) is 17.8 Å². The Labute approximate surface area is 172 Å². The number of anilines is 1. The van der Waals surface area contributed by atoms with Gasteiger partial charge in [0.1, 0.15) is 16.6 Å². The van der Waals surface area contributed by atoms with E-state index < -0.39 is 0 Å². The number of rotatable bonds is 3. The summed E-state index contributed by atoms with van der Waals surface area (Å²) < 4.78 is 10.8. The maximum atomic E-state index is 10.6. The Morgan fingerprint density at radius 1 is 1.07 bits per heavy atom. The summed E-state index contributed by atoms with van der Waals surface area (Å²) in [4.78, 5) is 6.45. The van der Waals surface area contributed by atoms with Crippen LogP contribution >= 0.6 is 11.3 Å². The second-order valence-corrected chi connectivity index (χ2v) is 7.99. The second-order valence-electron chi connectivity index (χ2n) is 7.13. The first kappa shape index (κ1) is 17.8. The van der Waals surface area contributed by atoms with Crippen LogP contribution in [0.4, 0.5) is 5.69 Å². The molecule has 29 heavy (non-hydrogen) atoms. The first-order valence-electron chi connectivity index (χ1n) is 9.23. The van der Waals surface area contributed by atoms with Crippen molar-refractivity contribution in [2.24, 2.45) is 0 Å². The fourth-order valence-corrected chi connectivity index (χ4v) is 4.40. The van der Waals surface area contributed by atoms with Crippen molar-refractivity contribution < 1.29 is 14.6 Å². The number of nitrogens with zero attached hydrogens (tertiary/aromatic N) is 2. The third kappa shape index (κ3) is 2.94. The van der Waals surface area contributed by atoms with Crippen LogP contribution in [0.2, 0.25) is 0 Å². The molecule has 2 N–H and O–H groups in total. The number of aromatic nitrogens is 1. The smallest absolute Gasteiger partial charge is 0.231 e. The molecule has 3 aromatic rings. The van der Waals surface area contributed by atoms with Gasteiger partial charge in [0, 0.05) is 22.7 Å². The topological polar surface area (TPSA) is 78.7 Å². The lowest BCUT2D eigenvalue weighted by molar-refractivity contribution is 0.174. The van der Waals surface area contributed by atoms with E-state index in [1.54, 1.807) is 4.90 Å². The molecule has 2 aliphatic rings. The maximum absolute atomic E-state index is 10.6. The zero-order valence-corrected chi connectivity index (χ0v) is 16.8. The second kappa shape index (κ2) is 6.63. The molecule has 1 aromatic heterocycles. The first-order chi connectivity index (χ1) is 14.0. The number of fused-ring (bicyclic) bond motifs is 1. The van der Waals surface area contributed by atoms with Crippen molar-refractivity contribution in [2.75, 3.05) is 18.2 Å². The minimum atomic E-state index is 0.147. The van der Waals surface area contributed by atoms with Gasteiger partial charge in [-0.2, -0.15) is 0 Å². The monoisotopic (exact) mass is 405 g/mol. The summed E-state index contributed by atoms with van der Waals surface area (Å²) >= 11 is 1.44. The molecule has 0 fully saturated rings. The zero-order chi connectivity index (χ0) is 20.1. The Morgan fingerprint density at radius 2 is 1.90 bits per heavy atom. The van der Waals surface area contributed by atoms with E-state index >= 15 is 0 Å². The van der Waals surface area contributed by atoms with E-state index in [4.69, 9.17) is 19.9 Å². The Hall–Kier alpha value is -3.32. The van der Waals surface area contributed by atoms with E-state index in [2.05, 4.69) is 26.0 Å². The molecular weight excluding hydrogens is 386 g/mol. The molecule has 0 saturated heterocycles. The molecule has 3 heterocycles. The molecule has 0 amide bonds. The molecule has 6 nitrogen and oxygen atoms in total. The number of hydrogen-bond donors (Lipinski definition) is 2. The van der Waals surface area contributed by atoms with Gasteiger partial charge in [-0.05, 0) is 43.2 Å². The molecule has 5 rings (SSSR count). The molecule has 0 aliphatic carbocycles. The molecule has 0 bridgehead atoms. The lowest BCUT2D eigenvalue weighted by Gasteiger charge is -2.18. The lowest BCUT2D eigenvalue weighted by Crippen LogP contribution is -2.25. The van der Waals surface area contributed by atoms with Gasteiger partial charge < -0.3 is 19.5 Å². The highest BCUT2D eigenvalue weighted by atomic mass is 32.1. The van der Waals surface area contributed by atoms with Crippen molar-refractivity contribution >= 4 is 28.4 Å². The summed E-state index contributed by atoms with van der Waals surface area (Å²) in [5.41, 5.74) is 5.58. The van der Waals surface area contributed by atoms with Crippen LogP contribution in [0.5, 0.6) is 11.5 Å². The van der Waals surface area contributed by atoms with E-state index in [-0.39, 0.29) is 24.9 Å². The molecule has 0 saturated carbocycles. The fraction of sp³-hybridized carbons (Fsp3) is 0.182. The van der Waals surface area contributed by atoms with Gasteiger partial charge in [0.2, 0.25) is 6.79 Å². The SMILES string of the molecule is Cc1ccc(-c2csc(C3=C(O)CN(c4ccc5c(c4)OCO5)C3=N)n2)cc1C. The third-order valence-electron chi connectivity index (χ3n) is 5.29. The largest absolute Gasteiger partial charge is 0.510 e. The number of aliphatic hydroxyl groups is 1. The van der Waals surface area contributed by atoms with Crippen LogP contribution in [0.25, 0.3) is 16.8 Å². The van der Waals surface area contributed by atoms with Gasteiger partial charge >= 0.3 is 0 Å². The Balaban J connectivity index is 1.44. The number of aryl methyl sites for hydroxylation is 2. The molecule has 0 atom stereocenters. The average molecular weight is 405 g/mol. The van der Waals surface area contributed by atoms with E-state index in [9.17, 15) is 5.11 Å². The van der Waals surface area contributed by atoms with Gasteiger partial charge in [0.25, 0.3) is 0 Å². The van der Waals surface area contributed by atoms with Crippen LogP contribution in [0, 0.1) is 19.3 Å². The van der Waals surface area contributed by atoms with Crippen LogP contribution in [-0.4, -0.2) is 29.3 Å². The number of nitrogens with one attached hydrogen (secondary N) is 1. The van der Waals surface area contributed by atoms with Crippen LogP contribution in [0.1, 0.15) is 16.1 Å². The maximum Gasteiger partial charge on any atom is 0.231 e. The Kier molecular flexibility index (Phi) is 4.06. The van der Waals surface area contributed by atoms with Crippen molar-refractivity contribution in [3.05, 3.63) is 63.7 Å². The summed E-state index contributed by atoms with van der Waals surface area (Å²) in [6, 6.07) is 11.8. The van der Waals surface area contributed by atoms with Crippen molar-refractivity contribution in [1.29, 1.82) is 5.41 Å². The summed E-state index contributed by atoms with van der Waals surface area (Å²) in [6.45, 7) is 4.59. The summed E-state index contributed by atoms with van der Waals surface area (Å²) in [5, 5.41) is 21.9. The number of benzene rings is 2. The average Bonchev–Trinajstić information content (AvgIpc) is 3.42. The van der Waals surface area contributed by atoms with Gasteiger partial charge in [-0.1, -0.05) is 12.1 Å². The molecule has 7 heteroatoms. The molecular formula is C22H19N3O3S. The highest BCUT2D eigenvalue weighted by molar-refractivity contribution is 7.11. The number of ether oxygens (including phenoxy) is 2. The molecule has 0 unspecified atom stereocenters. The standard InChI is InChI=1S/C22H19N3O3S/c1-12-3-4-14(7-13(12)2)16-10-29-22(24-16)20-17(26)9-25(21(20)23)15-5-6-18-19(8-15)28-11-27-18/h3-8,10,23,26H,9,11H2,1-2H3. The molecule has 0 spiro atoms. The molecule has 2 aromatic carbocycles. The Morgan fingerprint density at radius 3 is 2.72 bits per heavy atom. The summed E-state index contributed by atoms with van der Waals surface area (Å²) in [6.07, 6.45) is 0. The minimum Gasteiger partial charge on any atom is -0.510 e. The minimum absolute atomic E-state index is 0.147. The van der Waals surface area contributed by atoms with E-state index in [0.29, 0.717) is 22.1 Å². The van der Waals surface area contributed by atoms with Gasteiger partial charge in [-0.3, -0.25) is 5.41 Å². The van der Waals surface area contributed by atoms with Gasteiger partial charge in [0.15, 0.2) is 11.5 Å².